The number of aliphatic hydroxyl groups excluding tert-OH is 1. The molecule has 12 heteroatoms. The second-order valence-electron chi connectivity index (χ2n) is 6.02. The van der Waals surface area contributed by atoms with Gasteiger partial charge in [0.1, 0.15) is 4.90 Å². The summed E-state index contributed by atoms with van der Waals surface area (Å²) in [5.41, 5.74) is -0.301. The van der Waals surface area contributed by atoms with Crippen molar-refractivity contribution in [2.75, 3.05) is 19.8 Å². The van der Waals surface area contributed by atoms with E-state index in [1.54, 1.807) is 0 Å². The highest BCUT2D eigenvalue weighted by Crippen LogP contribution is 2.26. The summed E-state index contributed by atoms with van der Waals surface area (Å²) in [6.45, 7) is 0.213. The van der Waals surface area contributed by atoms with Gasteiger partial charge in [-0.25, -0.2) is 21.9 Å². The maximum atomic E-state index is 14.4. The van der Waals surface area contributed by atoms with Crippen LogP contribution in [0.25, 0.3) is 11.4 Å². The Morgan fingerprint density at radius 1 is 1.30 bits per heavy atom. The molecule has 0 saturated carbocycles. The van der Waals surface area contributed by atoms with Crippen LogP contribution in [0.4, 0.5) is 8.78 Å². The largest absolute Gasteiger partial charge is 0.395 e. The fraction of sp³-hybridized carbons (Fsp3) is 0.533. The van der Waals surface area contributed by atoms with Crippen LogP contribution >= 0.6 is 0 Å². The number of hydrogen-bond donors (Lipinski definition) is 2. The van der Waals surface area contributed by atoms with E-state index in [1.165, 1.54) is 4.80 Å². The third-order valence-corrected chi connectivity index (χ3v) is 5.55. The number of sulfonamides is 1. The second-order valence-corrected chi connectivity index (χ2v) is 7.75. The Balaban J connectivity index is 1.82. The highest BCUT2D eigenvalue weighted by atomic mass is 32.2. The van der Waals surface area contributed by atoms with Gasteiger partial charge in [-0.2, -0.15) is 4.80 Å². The maximum absolute atomic E-state index is 14.4. The molecule has 1 aromatic heterocycles. The van der Waals surface area contributed by atoms with Gasteiger partial charge < -0.3 is 9.84 Å². The molecule has 0 amide bonds. The molecule has 0 radical (unpaired) electrons. The molecule has 3 rings (SSSR count). The van der Waals surface area contributed by atoms with Crippen molar-refractivity contribution in [3.63, 3.8) is 0 Å². The monoisotopic (exact) mass is 403 g/mol. The van der Waals surface area contributed by atoms with E-state index >= 15 is 0 Å². The first kappa shape index (κ1) is 19.7. The lowest BCUT2D eigenvalue weighted by molar-refractivity contribution is 0.00133. The molecule has 2 N–H and O–H groups in total. The first-order valence-corrected chi connectivity index (χ1v) is 9.89. The Kier molecular flexibility index (Phi) is 6.09. The van der Waals surface area contributed by atoms with Gasteiger partial charge in [0.15, 0.2) is 11.6 Å². The molecule has 1 atom stereocenters. The van der Waals surface area contributed by atoms with Crippen LogP contribution in [0, 0.1) is 11.6 Å². The van der Waals surface area contributed by atoms with Crippen LogP contribution < -0.4 is 4.72 Å². The number of aliphatic hydroxyl groups is 1. The zero-order valence-electron chi connectivity index (χ0n) is 14.3. The fourth-order valence-electron chi connectivity index (χ4n) is 2.73. The van der Waals surface area contributed by atoms with Gasteiger partial charge in [-0.1, -0.05) is 0 Å². The van der Waals surface area contributed by atoms with Gasteiger partial charge >= 0.3 is 0 Å². The summed E-state index contributed by atoms with van der Waals surface area (Å²) in [6, 6.07) is 1.99. The summed E-state index contributed by atoms with van der Waals surface area (Å²) in [5.74, 6) is -3.10. The number of aromatic nitrogens is 4. The van der Waals surface area contributed by atoms with E-state index in [1.807, 2.05) is 4.72 Å². The molecule has 1 unspecified atom stereocenters. The standard InChI is InChI=1S/C15H19F2N5O4S/c16-13-11(4-5-12(14(13)17)27(24,25)18-6-7-23)15-19-21-22(20-15)9-10-3-1-2-8-26-10/h4-5,10,18,23H,1-3,6-9H2. The summed E-state index contributed by atoms with van der Waals surface area (Å²) < 4.78 is 60.1. The van der Waals surface area contributed by atoms with Gasteiger partial charge in [0.25, 0.3) is 0 Å². The number of tetrazole rings is 1. The van der Waals surface area contributed by atoms with Crippen molar-refractivity contribution in [3.8, 4) is 11.4 Å². The molecule has 27 heavy (non-hydrogen) atoms. The molecule has 0 bridgehead atoms. The third kappa shape index (κ3) is 4.46. The Hall–Kier alpha value is -2.02. The zero-order chi connectivity index (χ0) is 19.4. The quantitative estimate of drug-likeness (QED) is 0.689. The molecule has 1 aliphatic heterocycles. The lowest BCUT2D eigenvalue weighted by Crippen LogP contribution is -2.27. The molecule has 0 aliphatic carbocycles. The van der Waals surface area contributed by atoms with Crippen molar-refractivity contribution >= 4 is 10.0 Å². The average molecular weight is 403 g/mol. The Morgan fingerprint density at radius 3 is 2.81 bits per heavy atom. The van der Waals surface area contributed by atoms with Crippen molar-refractivity contribution in [3.05, 3.63) is 23.8 Å². The van der Waals surface area contributed by atoms with Crippen LogP contribution in [-0.4, -0.2) is 59.6 Å². The van der Waals surface area contributed by atoms with Gasteiger partial charge in [-0.05, 0) is 36.6 Å². The van der Waals surface area contributed by atoms with Crippen LogP contribution in [0.15, 0.2) is 17.0 Å². The molecule has 2 aromatic rings. The van der Waals surface area contributed by atoms with E-state index in [2.05, 4.69) is 15.4 Å². The SMILES string of the molecule is O=S(=O)(NCCO)c1ccc(-c2nnn(CC3CCCCO3)n2)c(F)c1F. The van der Waals surface area contributed by atoms with E-state index in [0.717, 1.165) is 31.4 Å². The topological polar surface area (TPSA) is 119 Å². The smallest absolute Gasteiger partial charge is 0.243 e. The van der Waals surface area contributed by atoms with Crippen molar-refractivity contribution in [2.45, 2.75) is 36.8 Å². The summed E-state index contributed by atoms with van der Waals surface area (Å²) in [5, 5.41) is 20.2. The van der Waals surface area contributed by atoms with Crippen molar-refractivity contribution in [2.24, 2.45) is 0 Å². The van der Waals surface area contributed by atoms with Gasteiger partial charge in [0.05, 0.1) is 24.8 Å². The highest BCUT2D eigenvalue weighted by molar-refractivity contribution is 7.89. The lowest BCUT2D eigenvalue weighted by Gasteiger charge is -2.21. The molecule has 148 valence electrons. The molecule has 2 heterocycles. The molecule has 1 fully saturated rings. The summed E-state index contributed by atoms with van der Waals surface area (Å²) in [4.78, 5) is 0.385. The number of nitrogens with zero attached hydrogens (tertiary/aromatic N) is 4. The van der Waals surface area contributed by atoms with Gasteiger partial charge in [0.2, 0.25) is 15.8 Å². The first-order chi connectivity index (χ1) is 12.9. The Morgan fingerprint density at radius 2 is 2.11 bits per heavy atom. The minimum atomic E-state index is -4.29. The van der Waals surface area contributed by atoms with Crippen molar-refractivity contribution in [1.82, 2.24) is 24.9 Å². The molecule has 0 spiro atoms. The van der Waals surface area contributed by atoms with Crippen molar-refractivity contribution in [1.29, 1.82) is 0 Å². The Labute approximate surface area is 154 Å². The highest BCUT2D eigenvalue weighted by Gasteiger charge is 2.25. The summed E-state index contributed by atoms with van der Waals surface area (Å²) in [6.07, 6.45) is 2.83. The minimum absolute atomic E-state index is 0.0625. The number of halogens is 2. The number of hydrogen-bond acceptors (Lipinski definition) is 7. The minimum Gasteiger partial charge on any atom is -0.395 e. The van der Waals surface area contributed by atoms with E-state index in [4.69, 9.17) is 9.84 Å². The van der Waals surface area contributed by atoms with Gasteiger partial charge in [-0.3, -0.25) is 0 Å². The van der Waals surface area contributed by atoms with Gasteiger partial charge in [-0.15, -0.1) is 10.2 Å². The Bertz CT molecular complexity index is 900. The van der Waals surface area contributed by atoms with Crippen LogP contribution in [0.3, 0.4) is 0 Å². The summed E-state index contributed by atoms with van der Waals surface area (Å²) >= 11 is 0. The normalized spacial score (nSPS) is 18.0. The molecule has 9 nitrogen and oxygen atoms in total. The van der Waals surface area contributed by atoms with E-state index in [0.29, 0.717) is 13.2 Å². The number of nitrogens with one attached hydrogen (secondary N) is 1. The van der Waals surface area contributed by atoms with Crippen LogP contribution in [0.1, 0.15) is 19.3 Å². The molecular weight excluding hydrogens is 384 g/mol. The van der Waals surface area contributed by atoms with E-state index in [-0.39, 0.29) is 24.0 Å². The lowest BCUT2D eigenvalue weighted by atomic mass is 10.1. The molecular formula is C15H19F2N5O4S. The molecule has 1 aromatic carbocycles. The fourth-order valence-corrected chi connectivity index (χ4v) is 3.82. The zero-order valence-corrected chi connectivity index (χ0v) is 15.1. The predicted molar refractivity (Wildman–Crippen MR) is 89.0 cm³/mol. The first-order valence-electron chi connectivity index (χ1n) is 8.40. The average Bonchev–Trinajstić information content (AvgIpc) is 3.11. The van der Waals surface area contributed by atoms with Crippen LogP contribution in [0.2, 0.25) is 0 Å². The van der Waals surface area contributed by atoms with Crippen LogP contribution in [-0.2, 0) is 21.3 Å². The molecule has 1 saturated heterocycles. The van der Waals surface area contributed by atoms with E-state index < -0.39 is 33.2 Å². The van der Waals surface area contributed by atoms with Gasteiger partial charge in [0, 0.05) is 13.2 Å². The second kappa shape index (κ2) is 8.33. The predicted octanol–water partition coefficient (Wildman–Crippen LogP) is 0.458. The molecule has 1 aliphatic rings. The van der Waals surface area contributed by atoms with E-state index in [9.17, 15) is 17.2 Å². The maximum Gasteiger partial charge on any atom is 0.243 e. The number of benzene rings is 1. The van der Waals surface area contributed by atoms with Crippen molar-refractivity contribution < 1.29 is 27.0 Å². The third-order valence-electron chi connectivity index (χ3n) is 4.07. The van der Waals surface area contributed by atoms with Crippen LogP contribution in [0.5, 0.6) is 0 Å². The number of rotatable bonds is 7. The number of ether oxygens (including phenoxy) is 1. The summed E-state index contributed by atoms with van der Waals surface area (Å²) in [7, 11) is -4.29.